The minimum absolute atomic E-state index is 0.130. The largest absolute Gasteiger partial charge is 0.385 e. The Bertz CT molecular complexity index is 535. The summed E-state index contributed by atoms with van der Waals surface area (Å²) in [6, 6.07) is 5.82. The van der Waals surface area contributed by atoms with E-state index in [4.69, 9.17) is 0 Å². The van der Waals surface area contributed by atoms with Crippen LogP contribution in [0.15, 0.2) is 18.2 Å². The first-order valence-corrected chi connectivity index (χ1v) is 7.59. The van der Waals surface area contributed by atoms with Crippen molar-refractivity contribution in [1.29, 1.82) is 0 Å². The van der Waals surface area contributed by atoms with Crippen LogP contribution in [0.2, 0.25) is 0 Å². The number of alkyl halides is 2. The van der Waals surface area contributed by atoms with Gasteiger partial charge in [0, 0.05) is 36.7 Å². The molecule has 2 aliphatic rings. The number of carbonyl (C=O) groups excluding carboxylic acids is 1. The molecule has 3 rings (SSSR count). The van der Waals surface area contributed by atoms with E-state index in [0.29, 0.717) is 0 Å². The van der Waals surface area contributed by atoms with E-state index < -0.39 is 5.92 Å². The average Bonchev–Trinajstić information content (AvgIpc) is 2.47. The fourth-order valence-electron chi connectivity index (χ4n) is 3.10. The number of hydrogen-bond donors (Lipinski definition) is 2. The van der Waals surface area contributed by atoms with Crippen LogP contribution in [-0.4, -0.2) is 18.4 Å². The zero-order valence-corrected chi connectivity index (χ0v) is 11.9. The summed E-state index contributed by atoms with van der Waals surface area (Å²) in [4.78, 5) is 12.2. The molecule has 1 saturated carbocycles. The Hall–Kier alpha value is -1.65. The molecule has 1 aliphatic carbocycles. The van der Waals surface area contributed by atoms with Gasteiger partial charge in [-0.25, -0.2) is 8.78 Å². The molecule has 1 amide bonds. The number of carbonyl (C=O) groups is 1. The highest BCUT2D eigenvalue weighted by molar-refractivity contribution is 5.93. The monoisotopic (exact) mass is 294 g/mol. The van der Waals surface area contributed by atoms with E-state index >= 15 is 0 Å². The molecule has 0 saturated heterocycles. The molecule has 1 aromatic rings. The summed E-state index contributed by atoms with van der Waals surface area (Å²) in [5.74, 6) is -3.01. The Balaban J connectivity index is 1.62. The van der Waals surface area contributed by atoms with E-state index in [9.17, 15) is 13.6 Å². The zero-order valence-electron chi connectivity index (χ0n) is 11.9. The Morgan fingerprint density at radius 2 is 2.05 bits per heavy atom. The van der Waals surface area contributed by atoms with E-state index in [-0.39, 0.29) is 37.5 Å². The highest BCUT2D eigenvalue weighted by Gasteiger charge is 2.37. The van der Waals surface area contributed by atoms with Crippen LogP contribution in [0.4, 0.5) is 20.2 Å². The molecule has 2 N–H and O–H groups in total. The fraction of sp³-hybridized carbons (Fsp3) is 0.562. The van der Waals surface area contributed by atoms with Crippen molar-refractivity contribution in [2.24, 2.45) is 5.92 Å². The molecule has 0 aromatic heterocycles. The van der Waals surface area contributed by atoms with Crippen molar-refractivity contribution in [3.63, 3.8) is 0 Å². The van der Waals surface area contributed by atoms with Crippen molar-refractivity contribution in [2.75, 3.05) is 17.2 Å². The normalized spacial score (nSPS) is 21.2. The third kappa shape index (κ3) is 3.34. The van der Waals surface area contributed by atoms with Crippen molar-refractivity contribution in [3.8, 4) is 0 Å². The van der Waals surface area contributed by atoms with Gasteiger partial charge < -0.3 is 10.6 Å². The van der Waals surface area contributed by atoms with Crippen LogP contribution in [0.5, 0.6) is 0 Å². The molecular weight excluding hydrogens is 274 g/mol. The molecule has 0 spiro atoms. The Morgan fingerprint density at radius 1 is 1.29 bits per heavy atom. The molecular formula is C16H20F2N2O. The van der Waals surface area contributed by atoms with Crippen LogP contribution in [0.25, 0.3) is 0 Å². The molecule has 3 nitrogen and oxygen atoms in total. The van der Waals surface area contributed by atoms with Gasteiger partial charge in [0.05, 0.1) is 0 Å². The lowest BCUT2D eigenvalue weighted by molar-refractivity contribution is -0.124. The first kappa shape index (κ1) is 14.3. The van der Waals surface area contributed by atoms with E-state index in [1.807, 2.05) is 18.2 Å². The fourth-order valence-corrected chi connectivity index (χ4v) is 3.10. The van der Waals surface area contributed by atoms with Gasteiger partial charge in [-0.1, -0.05) is 0 Å². The lowest BCUT2D eigenvalue weighted by Gasteiger charge is -2.27. The molecule has 1 fully saturated rings. The molecule has 0 atom stereocenters. The number of halogens is 2. The molecule has 1 heterocycles. The summed E-state index contributed by atoms with van der Waals surface area (Å²) in [5, 5.41) is 6.20. The lowest BCUT2D eigenvalue weighted by atomic mass is 9.86. The number of nitrogens with one attached hydrogen (secondary N) is 2. The maximum atomic E-state index is 13.1. The smallest absolute Gasteiger partial charge is 0.248 e. The summed E-state index contributed by atoms with van der Waals surface area (Å²) in [7, 11) is 0. The van der Waals surface area contributed by atoms with Crippen LogP contribution in [0.1, 0.15) is 37.7 Å². The topological polar surface area (TPSA) is 41.1 Å². The molecule has 5 heteroatoms. The van der Waals surface area contributed by atoms with Gasteiger partial charge in [0.1, 0.15) is 0 Å². The highest BCUT2D eigenvalue weighted by Crippen LogP contribution is 2.36. The molecule has 0 bridgehead atoms. The van der Waals surface area contributed by atoms with E-state index in [1.165, 1.54) is 5.56 Å². The van der Waals surface area contributed by atoms with Crippen molar-refractivity contribution in [1.82, 2.24) is 0 Å². The van der Waals surface area contributed by atoms with Crippen LogP contribution >= 0.6 is 0 Å². The highest BCUT2D eigenvalue weighted by atomic mass is 19.3. The Labute approximate surface area is 123 Å². The van der Waals surface area contributed by atoms with Crippen molar-refractivity contribution < 1.29 is 13.6 Å². The van der Waals surface area contributed by atoms with Crippen LogP contribution in [0, 0.1) is 5.92 Å². The van der Waals surface area contributed by atoms with E-state index in [0.717, 1.165) is 30.8 Å². The molecule has 1 aliphatic heterocycles. The predicted octanol–water partition coefficient (Wildman–Crippen LogP) is 3.81. The number of aryl methyl sites for hydroxylation is 1. The second-order valence-electron chi connectivity index (χ2n) is 6.02. The van der Waals surface area contributed by atoms with Crippen molar-refractivity contribution in [3.05, 3.63) is 23.8 Å². The second-order valence-corrected chi connectivity index (χ2v) is 6.02. The van der Waals surface area contributed by atoms with Crippen LogP contribution in [-0.2, 0) is 11.2 Å². The van der Waals surface area contributed by atoms with E-state index in [2.05, 4.69) is 10.6 Å². The van der Waals surface area contributed by atoms with Gasteiger partial charge in [-0.2, -0.15) is 0 Å². The first-order chi connectivity index (χ1) is 10.0. The van der Waals surface area contributed by atoms with Crippen molar-refractivity contribution >= 4 is 17.3 Å². The van der Waals surface area contributed by atoms with Gasteiger partial charge >= 0.3 is 0 Å². The van der Waals surface area contributed by atoms with Gasteiger partial charge in [-0.05, 0) is 49.4 Å². The first-order valence-electron chi connectivity index (χ1n) is 7.59. The maximum absolute atomic E-state index is 13.1. The minimum Gasteiger partial charge on any atom is -0.385 e. The third-order valence-electron chi connectivity index (χ3n) is 4.40. The van der Waals surface area contributed by atoms with Crippen LogP contribution < -0.4 is 10.6 Å². The summed E-state index contributed by atoms with van der Waals surface area (Å²) in [6.07, 6.45) is 2.26. The summed E-state index contributed by atoms with van der Waals surface area (Å²) in [5.41, 5.74) is 3.09. The summed E-state index contributed by atoms with van der Waals surface area (Å²) in [6.45, 7) is 0.981. The lowest BCUT2D eigenvalue weighted by Crippen LogP contribution is -2.31. The Morgan fingerprint density at radius 3 is 2.81 bits per heavy atom. The third-order valence-corrected chi connectivity index (χ3v) is 4.40. The van der Waals surface area contributed by atoms with Gasteiger partial charge in [0.15, 0.2) is 0 Å². The Kier molecular flexibility index (Phi) is 3.83. The number of anilines is 2. The number of benzene rings is 1. The molecule has 114 valence electrons. The minimum atomic E-state index is -2.59. The van der Waals surface area contributed by atoms with E-state index in [1.54, 1.807) is 0 Å². The number of hydrogen-bond acceptors (Lipinski definition) is 2. The second kappa shape index (κ2) is 5.62. The van der Waals surface area contributed by atoms with Crippen molar-refractivity contribution in [2.45, 2.75) is 44.4 Å². The molecule has 0 radical (unpaired) electrons. The summed E-state index contributed by atoms with van der Waals surface area (Å²) >= 11 is 0. The summed E-state index contributed by atoms with van der Waals surface area (Å²) < 4.78 is 26.2. The predicted molar refractivity (Wildman–Crippen MR) is 78.8 cm³/mol. The quantitative estimate of drug-likeness (QED) is 0.871. The zero-order chi connectivity index (χ0) is 14.9. The SMILES string of the molecule is O=C(Nc1ccc2c(c1)CCCN2)C1CCC(F)(F)CC1. The number of amides is 1. The van der Waals surface area contributed by atoms with Gasteiger partial charge in [0.2, 0.25) is 11.8 Å². The number of fused-ring (bicyclic) bond motifs is 1. The maximum Gasteiger partial charge on any atom is 0.248 e. The molecule has 1 aromatic carbocycles. The van der Waals surface area contributed by atoms with Gasteiger partial charge in [-0.3, -0.25) is 4.79 Å². The average molecular weight is 294 g/mol. The van der Waals surface area contributed by atoms with Gasteiger partial charge in [-0.15, -0.1) is 0 Å². The van der Waals surface area contributed by atoms with Crippen LogP contribution in [0.3, 0.4) is 0 Å². The molecule has 0 unspecified atom stereocenters. The standard InChI is InChI=1S/C16H20F2N2O/c17-16(18)7-5-11(6-8-16)15(21)20-13-3-4-14-12(10-13)2-1-9-19-14/h3-4,10-11,19H,1-2,5-9H2,(H,20,21). The molecule has 21 heavy (non-hydrogen) atoms. The van der Waals surface area contributed by atoms with Gasteiger partial charge in [0.25, 0.3) is 0 Å². The number of rotatable bonds is 2.